The molecule has 3 rings (SSSR count). The number of benzene rings is 1. The first-order chi connectivity index (χ1) is 12.0. The van der Waals surface area contributed by atoms with E-state index in [0.717, 1.165) is 5.56 Å². The third-order valence-electron chi connectivity index (χ3n) is 4.26. The Morgan fingerprint density at radius 2 is 2.08 bits per heavy atom. The number of hydrogen-bond acceptors (Lipinski definition) is 4. The second kappa shape index (κ2) is 6.93. The van der Waals surface area contributed by atoms with Gasteiger partial charge in [-0.2, -0.15) is 0 Å². The Hall–Kier alpha value is -2.89. The van der Waals surface area contributed by atoms with Gasteiger partial charge in [0.25, 0.3) is 11.8 Å². The number of nitrogens with one attached hydrogen (secondary N) is 1. The Kier molecular flexibility index (Phi) is 4.70. The second-order valence-electron chi connectivity index (χ2n) is 6.41. The van der Waals surface area contributed by atoms with E-state index in [-0.39, 0.29) is 30.4 Å². The van der Waals surface area contributed by atoms with Crippen LogP contribution >= 0.6 is 0 Å². The molecule has 2 aromatic rings. The summed E-state index contributed by atoms with van der Waals surface area (Å²) in [4.78, 5) is 30.5. The SMILES string of the molecule is CC(C)C(c1cccnc1)N(C)C(=O)c1cccc2c1OCC(=O)N2. The average molecular weight is 339 g/mol. The molecule has 1 unspecified atom stereocenters. The lowest BCUT2D eigenvalue weighted by molar-refractivity contribution is -0.118. The van der Waals surface area contributed by atoms with Crippen LogP contribution in [0, 0.1) is 5.92 Å². The number of anilines is 1. The lowest BCUT2D eigenvalue weighted by atomic mass is 9.95. The van der Waals surface area contributed by atoms with Crippen LogP contribution in [0.4, 0.5) is 5.69 Å². The summed E-state index contributed by atoms with van der Waals surface area (Å²) < 4.78 is 5.51. The minimum Gasteiger partial charge on any atom is -0.481 e. The third kappa shape index (κ3) is 3.33. The van der Waals surface area contributed by atoms with Gasteiger partial charge in [-0.3, -0.25) is 14.6 Å². The standard InChI is InChI=1S/C19H21N3O3/c1-12(2)17(13-6-5-9-20-10-13)22(3)19(24)14-7-4-8-15-18(14)25-11-16(23)21-15/h4-10,12,17H,11H2,1-3H3,(H,21,23). The molecule has 0 radical (unpaired) electrons. The van der Waals surface area contributed by atoms with Gasteiger partial charge in [0.1, 0.15) is 0 Å². The van der Waals surface area contributed by atoms with Crippen molar-refractivity contribution in [1.29, 1.82) is 0 Å². The Labute approximate surface area is 146 Å². The highest BCUT2D eigenvalue weighted by atomic mass is 16.5. The van der Waals surface area contributed by atoms with E-state index < -0.39 is 0 Å². The maximum atomic E-state index is 13.1. The summed E-state index contributed by atoms with van der Waals surface area (Å²) in [6, 6.07) is 8.91. The van der Waals surface area contributed by atoms with Crippen LogP contribution in [0.15, 0.2) is 42.7 Å². The first-order valence-corrected chi connectivity index (χ1v) is 8.21. The number of rotatable bonds is 4. The molecular formula is C19H21N3O3. The van der Waals surface area contributed by atoms with E-state index in [9.17, 15) is 9.59 Å². The fourth-order valence-corrected chi connectivity index (χ4v) is 3.21. The highest BCUT2D eigenvalue weighted by Crippen LogP contribution is 2.35. The zero-order valence-corrected chi connectivity index (χ0v) is 14.5. The quantitative estimate of drug-likeness (QED) is 0.930. The molecule has 0 saturated heterocycles. The predicted octanol–water partition coefficient (Wildman–Crippen LogP) is 2.88. The summed E-state index contributed by atoms with van der Waals surface area (Å²) in [5.41, 5.74) is 1.94. The molecule has 6 nitrogen and oxygen atoms in total. The molecule has 2 amide bonds. The highest BCUT2D eigenvalue weighted by Gasteiger charge is 2.29. The lowest BCUT2D eigenvalue weighted by Gasteiger charge is -2.32. The van der Waals surface area contributed by atoms with Crippen molar-refractivity contribution in [2.75, 3.05) is 19.0 Å². The lowest BCUT2D eigenvalue weighted by Crippen LogP contribution is -2.35. The zero-order valence-electron chi connectivity index (χ0n) is 14.5. The van der Waals surface area contributed by atoms with Gasteiger partial charge < -0.3 is 15.0 Å². The van der Waals surface area contributed by atoms with Crippen molar-refractivity contribution in [3.63, 3.8) is 0 Å². The van der Waals surface area contributed by atoms with E-state index in [1.165, 1.54) is 0 Å². The molecule has 1 atom stereocenters. The number of pyridine rings is 1. The van der Waals surface area contributed by atoms with Crippen molar-refractivity contribution in [3.05, 3.63) is 53.9 Å². The Bertz CT molecular complexity index is 790. The third-order valence-corrected chi connectivity index (χ3v) is 4.26. The topological polar surface area (TPSA) is 71.5 Å². The highest BCUT2D eigenvalue weighted by molar-refractivity contribution is 6.03. The molecule has 1 aliphatic heterocycles. The molecule has 0 spiro atoms. The van der Waals surface area contributed by atoms with Gasteiger partial charge in [-0.05, 0) is 29.7 Å². The van der Waals surface area contributed by atoms with Crippen molar-refractivity contribution in [1.82, 2.24) is 9.88 Å². The molecule has 0 saturated carbocycles. The van der Waals surface area contributed by atoms with Crippen LogP contribution < -0.4 is 10.1 Å². The first-order valence-electron chi connectivity index (χ1n) is 8.21. The number of nitrogens with zero attached hydrogens (tertiary/aromatic N) is 2. The number of carbonyl (C=O) groups excluding carboxylic acids is 2. The normalized spacial score (nSPS) is 14.3. The number of para-hydroxylation sites is 1. The average Bonchev–Trinajstić information content (AvgIpc) is 2.61. The Morgan fingerprint density at radius 3 is 2.76 bits per heavy atom. The molecule has 25 heavy (non-hydrogen) atoms. The van der Waals surface area contributed by atoms with Crippen LogP contribution in [0.3, 0.4) is 0 Å². The molecule has 2 heterocycles. The summed E-state index contributed by atoms with van der Waals surface area (Å²) in [5.74, 6) is 0.252. The van der Waals surface area contributed by atoms with Crippen LogP contribution in [0.2, 0.25) is 0 Å². The fourth-order valence-electron chi connectivity index (χ4n) is 3.21. The van der Waals surface area contributed by atoms with Gasteiger partial charge >= 0.3 is 0 Å². The molecular weight excluding hydrogens is 318 g/mol. The smallest absolute Gasteiger partial charge is 0.262 e. The summed E-state index contributed by atoms with van der Waals surface area (Å²) in [7, 11) is 1.78. The number of amides is 2. The van der Waals surface area contributed by atoms with E-state index >= 15 is 0 Å². The van der Waals surface area contributed by atoms with Crippen molar-refractivity contribution < 1.29 is 14.3 Å². The first kappa shape index (κ1) is 17.0. The Balaban J connectivity index is 1.95. The van der Waals surface area contributed by atoms with Crippen molar-refractivity contribution in [3.8, 4) is 5.75 Å². The largest absolute Gasteiger partial charge is 0.481 e. The molecule has 1 aromatic carbocycles. The van der Waals surface area contributed by atoms with Crippen molar-refractivity contribution in [2.45, 2.75) is 19.9 Å². The number of aromatic nitrogens is 1. The number of fused-ring (bicyclic) bond motifs is 1. The van der Waals surface area contributed by atoms with E-state index in [2.05, 4.69) is 24.1 Å². The molecule has 0 aliphatic carbocycles. The second-order valence-corrected chi connectivity index (χ2v) is 6.41. The van der Waals surface area contributed by atoms with Gasteiger partial charge in [-0.1, -0.05) is 26.0 Å². The van der Waals surface area contributed by atoms with Gasteiger partial charge in [0.2, 0.25) is 0 Å². The molecule has 0 fully saturated rings. The minimum absolute atomic E-state index is 0.0861. The van der Waals surface area contributed by atoms with E-state index in [1.54, 1.807) is 42.5 Å². The van der Waals surface area contributed by atoms with Gasteiger partial charge in [0, 0.05) is 19.4 Å². The molecule has 6 heteroatoms. The summed E-state index contributed by atoms with van der Waals surface area (Å²) in [6.45, 7) is 4.05. The maximum Gasteiger partial charge on any atom is 0.262 e. The van der Waals surface area contributed by atoms with Crippen molar-refractivity contribution >= 4 is 17.5 Å². The van der Waals surface area contributed by atoms with E-state index in [1.807, 2.05) is 12.1 Å². The van der Waals surface area contributed by atoms with Crippen LogP contribution in [-0.4, -0.2) is 35.4 Å². The molecule has 130 valence electrons. The van der Waals surface area contributed by atoms with Gasteiger partial charge in [-0.15, -0.1) is 0 Å². The summed E-state index contributed by atoms with van der Waals surface area (Å²) >= 11 is 0. The van der Waals surface area contributed by atoms with Gasteiger partial charge in [-0.25, -0.2) is 0 Å². The summed E-state index contributed by atoms with van der Waals surface area (Å²) in [6.07, 6.45) is 3.50. The molecule has 0 bridgehead atoms. The minimum atomic E-state index is -0.221. The molecule has 1 N–H and O–H groups in total. The molecule has 1 aliphatic rings. The van der Waals surface area contributed by atoms with E-state index in [4.69, 9.17) is 4.74 Å². The number of hydrogen-bond donors (Lipinski definition) is 1. The number of carbonyl (C=O) groups is 2. The maximum absolute atomic E-state index is 13.1. The van der Waals surface area contributed by atoms with Crippen molar-refractivity contribution in [2.24, 2.45) is 5.92 Å². The predicted molar refractivity (Wildman–Crippen MR) is 94.5 cm³/mol. The zero-order chi connectivity index (χ0) is 18.0. The fraction of sp³-hybridized carbons (Fsp3) is 0.316. The van der Waals surface area contributed by atoms with E-state index in [0.29, 0.717) is 17.0 Å². The van der Waals surface area contributed by atoms with Gasteiger partial charge in [0.05, 0.1) is 17.3 Å². The van der Waals surface area contributed by atoms with Crippen LogP contribution in [0.5, 0.6) is 5.75 Å². The molecule has 1 aromatic heterocycles. The number of ether oxygens (including phenoxy) is 1. The monoisotopic (exact) mass is 339 g/mol. The van der Waals surface area contributed by atoms with Crippen LogP contribution in [0.25, 0.3) is 0 Å². The Morgan fingerprint density at radius 1 is 1.28 bits per heavy atom. The van der Waals surface area contributed by atoms with Crippen LogP contribution in [0.1, 0.15) is 35.8 Å². The van der Waals surface area contributed by atoms with Crippen LogP contribution in [-0.2, 0) is 4.79 Å². The van der Waals surface area contributed by atoms with Gasteiger partial charge in [0.15, 0.2) is 12.4 Å². The summed E-state index contributed by atoms with van der Waals surface area (Å²) in [5, 5.41) is 2.73.